The highest BCUT2D eigenvalue weighted by Crippen LogP contribution is 2.25. The van der Waals surface area contributed by atoms with E-state index < -0.39 is 0 Å². The van der Waals surface area contributed by atoms with Crippen molar-refractivity contribution < 1.29 is 0 Å². The first kappa shape index (κ1) is 20.0. The van der Waals surface area contributed by atoms with Crippen molar-refractivity contribution >= 4 is 44.6 Å². The molecular weight excluding hydrogens is 454 g/mol. The number of aromatic nitrogens is 4. The van der Waals surface area contributed by atoms with E-state index in [1.54, 1.807) is 0 Å². The molecule has 158 valence electrons. The SMILES string of the molecule is O=c1nc2n(C/C=C/c3ccccc3)nc(N3CCCCCC3)n2c2ccc(Br)cc12. The van der Waals surface area contributed by atoms with Crippen molar-refractivity contribution in [3.8, 4) is 0 Å². The summed E-state index contributed by atoms with van der Waals surface area (Å²) in [6.07, 6.45) is 8.93. The van der Waals surface area contributed by atoms with E-state index in [-0.39, 0.29) is 5.56 Å². The Bertz CT molecular complexity index is 1300. The van der Waals surface area contributed by atoms with Gasteiger partial charge >= 0.3 is 0 Å². The predicted octanol–water partition coefficient (Wildman–Crippen LogP) is 4.90. The summed E-state index contributed by atoms with van der Waals surface area (Å²) in [5.41, 5.74) is 1.75. The first-order chi connectivity index (χ1) is 15.2. The standard InChI is InChI=1S/C24H24BrN5O/c25-19-12-13-21-20(17-19)22(31)26-23-29(16-8-11-18-9-4-3-5-10-18)27-24(30(21)23)28-14-6-1-2-7-15-28/h3-5,8-13,17H,1-2,6-7,14-16H2/b11-8+. The second-order valence-corrected chi connectivity index (χ2v) is 8.83. The summed E-state index contributed by atoms with van der Waals surface area (Å²) < 4.78 is 4.75. The largest absolute Gasteiger partial charge is 0.341 e. The van der Waals surface area contributed by atoms with Crippen LogP contribution in [-0.4, -0.2) is 32.3 Å². The van der Waals surface area contributed by atoms with Crippen LogP contribution >= 0.6 is 15.9 Å². The summed E-state index contributed by atoms with van der Waals surface area (Å²) in [5.74, 6) is 1.45. The van der Waals surface area contributed by atoms with Gasteiger partial charge in [0.2, 0.25) is 11.7 Å². The molecule has 2 aromatic heterocycles. The van der Waals surface area contributed by atoms with E-state index in [1.807, 2.05) is 45.5 Å². The molecule has 0 amide bonds. The van der Waals surface area contributed by atoms with Crippen LogP contribution in [0.25, 0.3) is 22.8 Å². The van der Waals surface area contributed by atoms with Crippen LogP contribution in [0.3, 0.4) is 0 Å². The van der Waals surface area contributed by atoms with Gasteiger partial charge in [0.25, 0.3) is 5.56 Å². The molecule has 0 atom stereocenters. The Labute approximate surface area is 189 Å². The van der Waals surface area contributed by atoms with Crippen LogP contribution in [0.1, 0.15) is 31.2 Å². The minimum atomic E-state index is -0.230. The molecule has 31 heavy (non-hydrogen) atoms. The van der Waals surface area contributed by atoms with Crippen molar-refractivity contribution in [3.05, 3.63) is 75.0 Å². The van der Waals surface area contributed by atoms with Gasteiger partial charge in [-0.2, -0.15) is 4.98 Å². The van der Waals surface area contributed by atoms with E-state index in [4.69, 9.17) is 5.10 Å². The van der Waals surface area contributed by atoms with Gasteiger partial charge in [0, 0.05) is 17.6 Å². The highest BCUT2D eigenvalue weighted by Gasteiger charge is 2.21. The fourth-order valence-electron chi connectivity index (χ4n) is 4.20. The molecule has 0 spiro atoms. The Hall–Kier alpha value is -2.93. The van der Waals surface area contributed by atoms with Crippen molar-refractivity contribution in [3.63, 3.8) is 0 Å². The van der Waals surface area contributed by atoms with Crippen LogP contribution in [0.15, 0.2) is 63.9 Å². The van der Waals surface area contributed by atoms with Crippen LogP contribution in [0.5, 0.6) is 0 Å². The Morgan fingerprint density at radius 2 is 1.77 bits per heavy atom. The maximum Gasteiger partial charge on any atom is 0.282 e. The first-order valence-electron chi connectivity index (χ1n) is 10.8. The Morgan fingerprint density at radius 1 is 1.00 bits per heavy atom. The molecule has 1 saturated heterocycles. The number of fused-ring (bicyclic) bond motifs is 3. The summed E-state index contributed by atoms with van der Waals surface area (Å²) in [5, 5.41) is 5.54. The van der Waals surface area contributed by atoms with Crippen molar-refractivity contribution in [2.75, 3.05) is 18.0 Å². The third-order valence-electron chi connectivity index (χ3n) is 5.75. The molecule has 5 rings (SSSR count). The summed E-state index contributed by atoms with van der Waals surface area (Å²) in [6.45, 7) is 2.48. The normalized spacial score (nSPS) is 15.2. The maximum absolute atomic E-state index is 12.8. The minimum Gasteiger partial charge on any atom is -0.341 e. The van der Waals surface area contributed by atoms with Gasteiger partial charge < -0.3 is 4.90 Å². The fraction of sp³-hybridized carbons (Fsp3) is 0.292. The molecule has 0 bridgehead atoms. The van der Waals surface area contributed by atoms with Gasteiger partial charge in [-0.3, -0.25) is 4.79 Å². The van der Waals surface area contributed by atoms with Crippen molar-refractivity contribution in [1.82, 2.24) is 19.2 Å². The number of rotatable bonds is 4. The number of hydrogen-bond donors (Lipinski definition) is 0. The van der Waals surface area contributed by atoms with Gasteiger partial charge in [-0.05, 0) is 36.6 Å². The Morgan fingerprint density at radius 3 is 2.55 bits per heavy atom. The van der Waals surface area contributed by atoms with Crippen LogP contribution in [0.4, 0.5) is 5.95 Å². The van der Waals surface area contributed by atoms with Crippen molar-refractivity contribution in [2.45, 2.75) is 32.2 Å². The lowest BCUT2D eigenvalue weighted by Crippen LogP contribution is -2.26. The lowest BCUT2D eigenvalue weighted by molar-refractivity contribution is 0.697. The zero-order valence-corrected chi connectivity index (χ0v) is 18.8. The molecule has 3 heterocycles. The molecule has 0 radical (unpaired) electrons. The summed E-state index contributed by atoms with van der Waals surface area (Å²) >= 11 is 3.48. The Kier molecular flexibility index (Phi) is 5.59. The lowest BCUT2D eigenvalue weighted by atomic mass is 10.2. The average molecular weight is 478 g/mol. The molecule has 4 aromatic rings. The molecule has 6 nitrogen and oxygen atoms in total. The minimum absolute atomic E-state index is 0.230. The molecule has 2 aromatic carbocycles. The third kappa shape index (κ3) is 4.02. The Balaban J connectivity index is 1.65. The second-order valence-electron chi connectivity index (χ2n) is 7.91. The van der Waals surface area contributed by atoms with Gasteiger partial charge in [0.05, 0.1) is 17.4 Å². The predicted molar refractivity (Wildman–Crippen MR) is 129 cm³/mol. The number of nitrogens with zero attached hydrogens (tertiary/aromatic N) is 5. The van der Waals surface area contributed by atoms with Gasteiger partial charge in [0.15, 0.2) is 0 Å². The molecular formula is C24H24BrN5O. The molecule has 1 fully saturated rings. The first-order valence-corrected chi connectivity index (χ1v) is 11.6. The lowest BCUT2D eigenvalue weighted by Gasteiger charge is -2.20. The van der Waals surface area contributed by atoms with Gasteiger partial charge in [-0.15, -0.1) is 5.10 Å². The fourth-order valence-corrected chi connectivity index (χ4v) is 4.56. The molecule has 0 N–H and O–H groups in total. The summed E-state index contributed by atoms with van der Waals surface area (Å²) in [4.78, 5) is 19.6. The molecule has 1 aliphatic heterocycles. The average Bonchev–Trinajstić information content (AvgIpc) is 2.95. The number of allylic oxidation sites excluding steroid dienone is 1. The van der Waals surface area contributed by atoms with E-state index in [0.29, 0.717) is 17.7 Å². The van der Waals surface area contributed by atoms with Gasteiger partial charge in [0.1, 0.15) is 0 Å². The topological polar surface area (TPSA) is 55.4 Å². The number of anilines is 1. The molecule has 0 unspecified atom stereocenters. The van der Waals surface area contributed by atoms with Crippen molar-refractivity contribution in [1.29, 1.82) is 0 Å². The summed E-state index contributed by atoms with van der Waals surface area (Å²) in [6, 6.07) is 16.0. The maximum atomic E-state index is 12.8. The van der Waals surface area contributed by atoms with Crippen molar-refractivity contribution in [2.24, 2.45) is 0 Å². The number of halogens is 1. The third-order valence-corrected chi connectivity index (χ3v) is 6.24. The number of hydrogen-bond acceptors (Lipinski definition) is 4. The van der Waals surface area contributed by atoms with Crippen LogP contribution in [0.2, 0.25) is 0 Å². The van der Waals surface area contributed by atoms with Crippen LogP contribution in [-0.2, 0) is 6.54 Å². The highest BCUT2D eigenvalue weighted by molar-refractivity contribution is 9.10. The van der Waals surface area contributed by atoms with E-state index >= 15 is 0 Å². The van der Waals surface area contributed by atoms with E-state index in [9.17, 15) is 4.79 Å². The highest BCUT2D eigenvalue weighted by atomic mass is 79.9. The van der Waals surface area contributed by atoms with E-state index in [1.165, 1.54) is 12.8 Å². The smallest absolute Gasteiger partial charge is 0.282 e. The monoisotopic (exact) mass is 477 g/mol. The zero-order chi connectivity index (χ0) is 21.2. The van der Waals surface area contributed by atoms with Gasteiger partial charge in [-0.1, -0.05) is 71.3 Å². The quantitative estimate of drug-likeness (QED) is 0.419. The van der Waals surface area contributed by atoms with Gasteiger partial charge in [-0.25, -0.2) is 9.08 Å². The van der Waals surface area contributed by atoms with E-state index in [2.05, 4.69) is 50.1 Å². The van der Waals surface area contributed by atoms with Crippen LogP contribution in [0, 0.1) is 0 Å². The second kappa shape index (κ2) is 8.67. The molecule has 7 heteroatoms. The molecule has 0 saturated carbocycles. The number of benzene rings is 2. The summed E-state index contributed by atoms with van der Waals surface area (Å²) in [7, 11) is 0. The molecule has 1 aliphatic rings. The van der Waals surface area contributed by atoms with E-state index in [0.717, 1.165) is 47.4 Å². The van der Waals surface area contributed by atoms with Crippen LogP contribution < -0.4 is 10.5 Å². The molecule has 0 aliphatic carbocycles. The zero-order valence-electron chi connectivity index (χ0n) is 17.2.